The van der Waals surface area contributed by atoms with Gasteiger partial charge in [-0.2, -0.15) is 0 Å². The first-order valence-corrected chi connectivity index (χ1v) is 8.14. The zero-order valence-corrected chi connectivity index (χ0v) is 14.1. The summed E-state index contributed by atoms with van der Waals surface area (Å²) in [6, 6.07) is 8.91. The van der Waals surface area contributed by atoms with Gasteiger partial charge in [0.15, 0.2) is 0 Å². The number of imidazole rings is 1. The average molecular weight is 287 g/mol. The van der Waals surface area contributed by atoms with Gasteiger partial charge in [0.25, 0.3) is 0 Å². The van der Waals surface area contributed by atoms with E-state index in [0.717, 1.165) is 31.4 Å². The number of likely N-dealkylation sites (N-methyl/N-ethyl adjacent to an activating group) is 1. The molecule has 0 saturated heterocycles. The van der Waals surface area contributed by atoms with E-state index in [-0.39, 0.29) is 5.41 Å². The fraction of sp³-hybridized carbons (Fsp3) is 0.611. The monoisotopic (exact) mass is 287 g/mol. The maximum Gasteiger partial charge on any atom is 0.111 e. The predicted molar refractivity (Wildman–Crippen MR) is 90.6 cm³/mol. The van der Waals surface area contributed by atoms with Crippen molar-refractivity contribution in [2.24, 2.45) is 5.41 Å². The van der Waals surface area contributed by atoms with E-state index < -0.39 is 0 Å². The molecular weight excluding hydrogens is 258 g/mol. The van der Waals surface area contributed by atoms with Crippen LogP contribution in [0.3, 0.4) is 0 Å². The van der Waals surface area contributed by atoms with Crippen LogP contribution in [0.15, 0.2) is 24.3 Å². The van der Waals surface area contributed by atoms with E-state index in [1.54, 1.807) is 0 Å². The standard InChI is InChI=1S/C18H29N3/c1-6-12-21-15-11-9-8-10-14(15)20-17(21)13-16(19-7-2)18(3,4)5/h8-11,16,19H,6-7,12-13H2,1-5H3. The summed E-state index contributed by atoms with van der Waals surface area (Å²) in [6.07, 6.45) is 2.11. The van der Waals surface area contributed by atoms with Crippen LogP contribution in [-0.2, 0) is 13.0 Å². The Morgan fingerprint density at radius 2 is 1.90 bits per heavy atom. The maximum absolute atomic E-state index is 4.89. The van der Waals surface area contributed by atoms with Crippen molar-refractivity contribution in [2.45, 2.75) is 60.0 Å². The third-order valence-corrected chi connectivity index (χ3v) is 4.06. The van der Waals surface area contributed by atoms with Crippen LogP contribution >= 0.6 is 0 Å². The molecule has 0 fully saturated rings. The van der Waals surface area contributed by atoms with E-state index in [4.69, 9.17) is 4.98 Å². The van der Waals surface area contributed by atoms with Crippen LogP contribution in [0, 0.1) is 5.41 Å². The Morgan fingerprint density at radius 1 is 1.19 bits per heavy atom. The fourth-order valence-electron chi connectivity index (χ4n) is 2.87. The zero-order chi connectivity index (χ0) is 15.5. The Morgan fingerprint density at radius 3 is 2.52 bits per heavy atom. The van der Waals surface area contributed by atoms with E-state index in [9.17, 15) is 0 Å². The second-order valence-corrected chi connectivity index (χ2v) is 6.85. The number of aryl methyl sites for hydroxylation is 1. The van der Waals surface area contributed by atoms with Gasteiger partial charge < -0.3 is 9.88 Å². The molecule has 0 aliphatic heterocycles. The summed E-state index contributed by atoms with van der Waals surface area (Å²) in [5, 5.41) is 3.63. The van der Waals surface area contributed by atoms with Crippen LogP contribution in [0.25, 0.3) is 11.0 Å². The average Bonchev–Trinajstić information content (AvgIpc) is 2.76. The lowest BCUT2D eigenvalue weighted by atomic mass is 9.84. The third-order valence-electron chi connectivity index (χ3n) is 4.06. The molecule has 0 amide bonds. The number of hydrogen-bond donors (Lipinski definition) is 1. The molecule has 1 unspecified atom stereocenters. The van der Waals surface area contributed by atoms with E-state index >= 15 is 0 Å². The maximum atomic E-state index is 4.89. The Hall–Kier alpha value is -1.35. The third kappa shape index (κ3) is 3.65. The molecule has 1 aromatic carbocycles. The van der Waals surface area contributed by atoms with Crippen molar-refractivity contribution in [3.8, 4) is 0 Å². The normalized spacial score (nSPS) is 13.8. The van der Waals surface area contributed by atoms with Crippen LogP contribution in [0.1, 0.15) is 46.9 Å². The van der Waals surface area contributed by atoms with Crippen molar-refractivity contribution >= 4 is 11.0 Å². The summed E-state index contributed by atoms with van der Waals surface area (Å²) in [6.45, 7) is 13.3. The minimum Gasteiger partial charge on any atom is -0.328 e. The van der Waals surface area contributed by atoms with E-state index in [0.29, 0.717) is 6.04 Å². The summed E-state index contributed by atoms with van der Waals surface area (Å²) in [5.41, 5.74) is 2.61. The number of hydrogen-bond acceptors (Lipinski definition) is 2. The largest absolute Gasteiger partial charge is 0.328 e. The predicted octanol–water partition coefficient (Wildman–Crippen LogP) is 4.01. The molecule has 3 heteroatoms. The number of fused-ring (bicyclic) bond motifs is 1. The van der Waals surface area contributed by atoms with Gasteiger partial charge in [0.05, 0.1) is 11.0 Å². The van der Waals surface area contributed by atoms with Crippen LogP contribution in [0.2, 0.25) is 0 Å². The number of benzene rings is 1. The molecule has 0 radical (unpaired) electrons. The molecule has 116 valence electrons. The highest BCUT2D eigenvalue weighted by Gasteiger charge is 2.26. The first-order chi connectivity index (χ1) is 9.97. The number of para-hydroxylation sites is 2. The lowest BCUT2D eigenvalue weighted by Crippen LogP contribution is -2.42. The molecule has 0 saturated carbocycles. The summed E-state index contributed by atoms with van der Waals surface area (Å²) in [7, 11) is 0. The van der Waals surface area contributed by atoms with Crippen molar-refractivity contribution in [3.05, 3.63) is 30.1 Å². The molecule has 0 bridgehead atoms. The number of rotatable bonds is 6. The van der Waals surface area contributed by atoms with Crippen molar-refractivity contribution in [1.82, 2.24) is 14.9 Å². The quantitative estimate of drug-likeness (QED) is 0.870. The molecule has 2 aromatic rings. The highest BCUT2D eigenvalue weighted by Crippen LogP contribution is 2.24. The minimum atomic E-state index is 0.227. The molecular formula is C18H29N3. The van der Waals surface area contributed by atoms with E-state index in [1.165, 1.54) is 11.3 Å². The van der Waals surface area contributed by atoms with Crippen molar-refractivity contribution in [1.29, 1.82) is 0 Å². The van der Waals surface area contributed by atoms with Crippen LogP contribution < -0.4 is 5.32 Å². The molecule has 1 atom stereocenters. The second-order valence-electron chi connectivity index (χ2n) is 6.85. The molecule has 0 aliphatic carbocycles. The number of nitrogens with one attached hydrogen (secondary N) is 1. The molecule has 0 aliphatic rings. The first-order valence-electron chi connectivity index (χ1n) is 8.14. The van der Waals surface area contributed by atoms with Gasteiger partial charge in [-0.25, -0.2) is 4.98 Å². The fourth-order valence-corrected chi connectivity index (χ4v) is 2.87. The highest BCUT2D eigenvalue weighted by molar-refractivity contribution is 5.75. The molecule has 1 aromatic heterocycles. The van der Waals surface area contributed by atoms with Gasteiger partial charge in [0.2, 0.25) is 0 Å². The van der Waals surface area contributed by atoms with Gasteiger partial charge in [-0.05, 0) is 30.5 Å². The number of aromatic nitrogens is 2. The summed E-state index contributed by atoms with van der Waals surface area (Å²) < 4.78 is 2.39. The second kappa shape index (κ2) is 6.61. The van der Waals surface area contributed by atoms with Gasteiger partial charge in [-0.1, -0.05) is 46.8 Å². The Kier molecular flexibility index (Phi) is 5.04. The lowest BCUT2D eigenvalue weighted by molar-refractivity contribution is 0.265. The number of nitrogens with zero attached hydrogens (tertiary/aromatic N) is 2. The Bertz CT molecular complexity index is 578. The molecule has 0 spiro atoms. The SMILES string of the molecule is CCCn1c(CC(NCC)C(C)(C)C)nc2ccccc21. The first kappa shape index (κ1) is 16.0. The summed E-state index contributed by atoms with van der Waals surface area (Å²) >= 11 is 0. The van der Waals surface area contributed by atoms with Crippen LogP contribution in [0.4, 0.5) is 0 Å². The molecule has 1 N–H and O–H groups in total. The smallest absolute Gasteiger partial charge is 0.111 e. The van der Waals surface area contributed by atoms with Gasteiger partial charge in [-0.3, -0.25) is 0 Å². The lowest BCUT2D eigenvalue weighted by Gasteiger charge is -2.31. The van der Waals surface area contributed by atoms with Gasteiger partial charge >= 0.3 is 0 Å². The van der Waals surface area contributed by atoms with Gasteiger partial charge in [-0.15, -0.1) is 0 Å². The van der Waals surface area contributed by atoms with E-state index in [1.807, 2.05) is 0 Å². The zero-order valence-electron chi connectivity index (χ0n) is 14.1. The van der Waals surface area contributed by atoms with Crippen LogP contribution in [-0.4, -0.2) is 22.1 Å². The van der Waals surface area contributed by atoms with Gasteiger partial charge in [0, 0.05) is 19.0 Å². The topological polar surface area (TPSA) is 29.9 Å². The Balaban J connectivity index is 2.38. The summed E-state index contributed by atoms with van der Waals surface area (Å²) in [5.74, 6) is 1.21. The van der Waals surface area contributed by atoms with E-state index in [2.05, 4.69) is 68.8 Å². The highest BCUT2D eigenvalue weighted by atomic mass is 15.1. The minimum absolute atomic E-state index is 0.227. The molecule has 1 heterocycles. The Labute approximate surface area is 128 Å². The summed E-state index contributed by atoms with van der Waals surface area (Å²) in [4.78, 5) is 4.89. The van der Waals surface area contributed by atoms with Crippen molar-refractivity contribution in [2.75, 3.05) is 6.54 Å². The molecule has 21 heavy (non-hydrogen) atoms. The molecule has 2 rings (SSSR count). The van der Waals surface area contributed by atoms with Crippen molar-refractivity contribution < 1.29 is 0 Å². The van der Waals surface area contributed by atoms with Crippen LogP contribution in [0.5, 0.6) is 0 Å². The molecule has 3 nitrogen and oxygen atoms in total. The van der Waals surface area contributed by atoms with Gasteiger partial charge in [0.1, 0.15) is 5.82 Å². The van der Waals surface area contributed by atoms with Crippen molar-refractivity contribution in [3.63, 3.8) is 0 Å².